The Labute approximate surface area is 140 Å². The van der Waals surface area contributed by atoms with Crippen LogP contribution >= 0.6 is 0 Å². The van der Waals surface area contributed by atoms with Gasteiger partial charge in [-0.1, -0.05) is 20.8 Å². The van der Waals surface area contributed by atoms with Crippen LogP contribution in [-0.2, 0) is 0 Å². The summed E-state index contributed by atoms with van der Waals surface area (Å²) in [5.74, 6) is 2.39. The summed E-state index contributed by atoms with van der Waals surface area (Å²) in [6.07, 6.45) is 4.30. The Morgan fingerprint density at radius 1 is 1.22 bits per heavy atom. The van der Waals surface area contributed by atoms with Gasteiger partial charge in [-0.3, -0.25) is 4.79 Å². The van der Waals surface area contributed by atoms with Gasteiger partial charge in [0.05, 0.1) is 0 Å². The Kier molecular flexibility index (Phi) is 6.37. The van der Waals surface area contributed by atoms with Crippen LogP contribution in [0.3, 0.4) is 0 Å². The first-order valence-corrected chi connectivity index (χ1v) is 8.95. The van der Waals surface area contributed by atoms with Gasteiger partial charge in [-0.05, 0) is 38.5 Å². The Balaban J connectivity index is 2.20. The molecule has 1 aromatic rings. The molecule has 0 atom stereocenters. The topological polar surface area (TPSA) is 49.3 Å². The fourth-order valence-corrected chi connectivity index (χ4v) is 3.08. The summed E-state index contributed by atoms with van der Waals surface area (Å²) in [7, 11) is 0. The predicted molar refractivity (Wildman–Crippen MR) is 93.9 cm³/mol. The van der Waals surface area contributed by atoms with Crippen LogP contribution in [0, 0.1) is 12.8 Å². The second-order valence-corrected chi connectivity index (χ2v) is 6.62. The molecule has 0 spiro atoms. The largest absolute Gasteiger partial charge is 0.356 e. The van der Waals surface area contributed by atoms with E-state index in [2.05, 4.69) is 35.6 Å². The lowest BCUT2D eigenvalue weighted by Gasteiger charge is -2.31. The number of rotatable bonds is 6. The van der Waals surface area contributed by atoms with Crippen molar-refractivity contribution in [1.29, 1.82) is 0 Å². The average molecular weight is 318 g/mol. The molecule has 2 rings (SSSR count). The van der Waals surface area contributed by atoms with E-state index in [1.165, 1.54) is 12.8 Å². The first kappa shape index (κ1) is 17.7. The molecule has 128 valence electrons. The number of aromatic nitrogens is 2. The third-order valence-corrected chi connectivity index (χ3v) is 4.43. The molecule has 1 amide bonds. The minimum Gasteiger partial charge on any atom is -0.356 e. The normalized spacial score (nSPS) is 15.7. The Morgan fingerprint density at radius 2 is 1.83 bits per heavy atom. The van der Waals surface area contributed by atoms with E-state index in [1.54, 1.807) is 0 Å². The Morgan fingerprint density at radius 3 is 2.39 bits per heavy atom. The predicted octanol–water partition coefficient (Wildman–Crippen LogP) is 3.28. The quantitative estimate of drug-likeness (QED) is 0.807. The average Bonchev–Trinajstić information content (AvgIpc) is 2.54. The standard InChI is InChI=1S/C18H30N4O/c1-5-9-22(10-6-2)18(23)16-13-17(20-15(4)19-16)21-11-7-14(3)8-12-21/h13-14H,5-12H2,1-4H3. The van der Waals surface area contributed by atoms with Crippen LogP contribution in [0.5, 0.6) is 0 Å². The lowest BCUT2D eigenvalue weighted by atomic mass is 9.99. The summed E-state index contributed by atoms with van der Waals surface area (Å²) in [6.45, 7) is 12.0. The van der Waals surface area contributed by atoms with Crippen LogP contribution in [0.2, 0.25) is 0 Å². The van der Waals surface area contributed by atoms with Crippen molar-refractivity contribution in [2.75, 3.05) is 31.1 Å². The maximum Gasteiger partial charge on any atom is 0.272 e. The molecule has 1 aliphatic heterocycles. The highest BCUT2D eigenvalue weighted by molar-refractivity contribution is 5.93. The number of amides is 1. The minimum absolute atomic E-state index is 0.0332. The molecule has 1 saturated heterocycles. The van der Waals surface area contributed by atoms with E-state index in [9.17, 15) is 4.79 Å². The number of hydrogen-bond donors (Lipinski definition) is 0. The van der Waals surface area contributed by atoms with Gasteiger partial charge in [0.15, 0.2) is 0 Å². The molecule has 0 radical (unpaired) electrons. The summed E-state index contributed by atoms with van der Waals surface area (Å²) >= 11 is 0. The molecule has 5 nitrogen and oxygen atoms in total. The number of nitrogens with zero attached hydrogens (tertiary/aromatic N) is 4. The van der Waals surface area contributed by atoms with Crippen LogP contribution in [0.1, 0.15) is 62.8 Å². The van der Waals surface area contributed by atoms with Crippen molar-refractivity contribution in [3.63, 3.8) is 0 Å². The summed E-state index contributed by atoms with van der Waals surface area (Å²) in [4.78, 5) is 25.9. The summed E-state index contributed by atoms with van der Waals surface area (Å²) in [5.41, 5.74) is 0.535. The van der Waals surface area contributed by atoms with Gasteiger partial charge in [-0.15, -0.1) is 0 Å². The molecule has 2 heterocycles. The van der Waals surface area contributed by atoms with Crippen molar-refractivity contribution in [3.8, 4) is 0 Å². The lowest BCUT2D eigenvalue weighted by molar-refractivity contribution is 0.0749. The van der Waals surface area contributed by atoms with Crippen molar-refractivity contribution in [1.82, 2.24) is 14.9 Å². The molecular weight excluding hydrogens is 288 g/mol. The van der Waals surface area contributed by atoms with Crippen molar-refractivity contribution < 1.29 is 4.79 Å². The SMILES string of the molecule is CCCN(CCC)C(=O)c1cc(N2CCC(C)CC2)nc(C)n1. The molecule has 0 bridgehead atoms. The van der Waals surface area contributed by atoms with Crippen LogP contribution in [-0.4, -0.2) is 47.0 Å². The van der Waals surface area contributed by atoms with Crippen LogP contribution in [0.25, 0.3) is 0 Å². The van der Waals surface area contributed by atoms with Gasteiger partial charge in [-0.2, -0.15) is 0 Å². The van der Waals surface area contributed by atoms with Crippen molar-refractivity contribution in [3.05, 3.63) is 17.6 Å². The molecule has 5 heteroatoms. The van der Waals surface area contributed by atoms with E-state index in [-0.39, 0.29) is 5.91 Å². The van der Waals surface area contributed by atoms with Crippen molar-refractivity contribution in [2.24, 2.45) is 5.92 Å². The highest BCUT2D eigenvalue weighted by atomic mass is 16.2. The smallest absolute Gasteiger partial charge is 0.272 e. The van der Waals surface area contributed by atoms with Gasteiger partial charge in [0.2, 0.25) is 0 Å². The van der Waals surface area contributed by atoms with Crippen molar-refractivity contribution in [2.45, 2.75) is 53.4 Å². The fraction of sp³-hybridized carbons (Fsp3) is 0.722. The maximum atomic E-state index is 12.8. The first-order chi connectivity index (χ1) is 11.0. The van der Waals surface area contributed by atoms with Gasteiger partial charge < -0.3 is 9.80 Å². The van der Waals surface area contributed by atoms with Crippen LogP contribution < -0.4 is 4.90 Å². The fourth-order valence-electron chi connectivity index (χ4n) is 3.08. The number of carbonyl (C=O) groups is 1. The zero-order valence-corrected chi connectivity index (χ0v) is 15.0. The molecule has 1 fully saturated rings. The van der Waals surface area contributed by atoms with E-state index in [4.69, 9.17) is 0 Å². The molecule has 23 heavy (non-hydrogen) atoms. The van der Waals surface area contributed by atoms with Gasteiger partial charge in [-0.25, -0.2) is 9.97 Å². The monoisotopic (exact) mass is 318 g/mol. The highest BCUT2D eigenvalue weighted by Crippen LogP contribution is 2.22. The van der Waals surface area contributed by atoms with Gasteiger partial charge >= 0.3 is 0 Å². The Bertz CT molecular complexity index is 518. The number of anilines is 1. The Hall–Kier alpha value is -1.65. The third kappa shape index (κ3) is 4.66. The van der Waals surface area contributed by atoms with E-state index in [0.29, 0.717) is 11.5 Å². The first-order valence-electron chi connectivity index (χ1n) is 8.95. The van der Waals surface area contributed by atoms with E-state index >= 15 is 0 Å². The zero-order valence-electron chi connectivity index (χ0n) is 15.0. The number of hydrogen-bond acceptors (Lipinski definition) is 4. The molecular formula is C18H30N4O. The van der Waals surface area contributed by atoms with Gasteiger partial charge in [0.25, 0.3) is 5.91 Å². The molecule has 0 saturated carbocycles. The lowest BCUT2D eigenvalue weighted by Crippen LogP contribution is -2.35. The zero-order chi connectivity index (χ0) is 16.8. The van der Waals surface area contributed by atoms with Gasteiger partial charge in [0.1, 0.15) is 17.3 Å². The van der Waals surface area contributed by atoms with Crippen LogP contribution in [0.15, 0.2) is 6.07 Å². The molecule has 0 N–H and O–H groups in total. The summed E-state index contributed by atoms with van der Waals surface area (Å²) in [5, 5.41) is 0. The molecule has 1 aliphatic rings. The maximum absolute atomic E-state index is 12.8. The number of aryl methyl sites for hydroxylation is 1. The third-order valence-electron chi connectivity index (χ3n) is 4.43. The summed E-state index contributed by atoms with van der Waals surface area (Å²) in [6, 6.07) is 1.88. The molecule has 0 aromatic carbocycles. The number of carbonyl (C=O) groups excluding carboxylic acids is 1. The van der Waals surface area contributed by atoms with Crippen LogP contribution in [0.4, 0.5) is 5.82 Å². The van der Waals surface area contributed by atoms with Gasteiger partial charge in [0, 0.05) is 32.2 Å². The molecule has 0 aliphatic carbocycles. The second kappa shape index (κ2) is 8.27. The van der Waals surface area contributed by atoms with E-state index in [1.807, 2.05) is 17.9 Å². The molecule has 0 unspecified atom stereocenters. The highest BCUT2D eigenvalue weighted by Gasteiger charge is 2.21. The molecule has 1 aromatic heterocycles. The van der Waals surface area contributed by atoms with E-state index < -0.39 is 0 Å². The van der Waals surface area contributed by atoms with Crippen molar-refractivity contribution >= 4 is 11.7 Å². The van der Waals surface area contributed by atoms with E-state index in [0.717, 1.165) is 50.8 Å². The summed E-state index contributed by atoms with van der Waals surface area (Å²) < 4.78 is 0. The minimum atomic E-state index is 0.0332. The number of piperidine rings is 1. The second-order valence-electron chi connectivity index (χ2n) is 6.62.